The topological polar surface area (TPSA) is 68.5 Å². The van der Waals surface area contributed by atoms with E-state index in [-0.39, 0.29) is 23.7 Å². The fourth-order valence-electron chi connectivity index (χ4n) is 2.71. The highest BCUT2D eigenvalue weighted by Crippen LogP contribution is 2.19. The first-order valence-electron chi connectivity index (χ1n) is 8.27. The maximum atomic E-state index is 11.8. The third-order valence-electron chi connectivity index (χ3n) is 3.94. The minimum absolute atomic E-state index is 0.0884. The van der Waals surface area contributed by atoms with Crippen LogP contribution < -0.4 is 5.32 Å². The Balaban J connectivity index is 1.58. The van der Waals surface area contributed by atoms with Crippen molar-refractivity contribution < 1.29 is 18.7 Å². The summed E-state index contributed by atoms with van der Waals surface area (Å²) >= 11 is 0. The number of furan rings is 1. The molecule has 0 bridgehead atoms. The normalized spacial score (nSPS) is 16.5. The average molecular weight is 307 g/mol. The number of hydrogen-bond donors (Lipinski definition) is 1. The molecule has 1 aliphatic rings. The van der Waals surface area contributed by atoms with Crippen LogP contribution in [0.5, 0.6) is 0 Å². The van der Waals surface area contributed by atoms with E-state index in [4.69, 9.17) is 9.15 Å². The molecule has 0 aromatic carbocycles. The van der Waals surface area contributed by atoms with E-state index in [0.717, 1.165) is 25.7 Å². The van der Waals surface area contributed by atoms with Crippen LogP contribution in [0.3, 0.4) is 0 Å². The van der Waals surface area contributed by atoms with Gasteiger partial charge < -0.3 is 14.5 Å². The number of carbonyl (C=O) groups excluding carboxylic acids is 2. The Morgan fingerprint density at radius 3 is 2.59 bits per heavy atom. The van der Waals surface area contributed by atoms with Gasteiger partial charge in [0.05, 0.1) is 6.26 Å². The van der Waals surface area contributed by atoms with Crippen LogP contribution in [0.2, 0.25) is 0 Å². The van der Waals surface area contributed by atoms with Crippen molar-refractivity contribution >= 4 is 11.9 Å². The van der Waals surface area contributed by atoms with Gasteiger partial charge in [-0.3, -0.25) is 9.59 Å². The van der Waals surface area contributed by atoms with Crippen molar-refractivity contribution in [3.63, 3.8) is 0 Å². The van der Waals surface area contributed by atoms with Crippen molar-refractivity contribution in [3.8, 4) is 0 Å². The monoisotopic (exact) mass is 307 g/mol. The Morgan fingerprint density at radius 2 is 1.91 bits per heavy atom. The summed E-state index contributed by atoms with van der Waals surface area (Å²) in [5.41, 5.74) is 0. The Kier molecular flexibility index (Phi) is 7.00. The lowest BCUT2D eigenvalue weighted by Crippen LogP contribution is -2.25. The Morgan fingerprint density at radius 1 is 1.18 bits per heavy atom. The molecule has 0 unspecified atom stereocenters. The number of nitrogens with one attached hydrogen (secondary N) is 1. The van der Waals surface area contributed by atoms with Crippen LogP contribution in [0, 0.1) is 0 Å². The first-order valence-corrected chi connectivity index (χ1v) is 8.27. The number of ether oxygens (including phenoxy) is 1. The molecule has 5 nitrogen and oxygen atoms in total. The SMILES string of the molecule is O=C(CCCNC(=O)c1ccco1)OC1CCCCCCC1. The van der Waals surface area contributed by atoms with E-state index >= 15 is 0 Å². The van der Waals surface area contributed by atoms with Crippen LogP contribution in [-0.2, 0) is 9.53 Å². The fourth-order valence-corrected chi connectivity index (χ4v) is 2.71. The zero-order chi connectivity index (χ0) is 15.6. The van der Waals surface area contributed by atoms with Gasteiger partial charge in [0.15, 0.2) is 5.76 Å². The van der Waals surface area contributed by atoms with Crippen molar-refractivity contribution in [3.05, 3.63) is 24.2 Å². The lowest BCUT2D eigenvalue weighted by Gasteiger charge is -2.20. The largest absolute Gasteiger partial charge is 0.462 e. The van der Waals surface area contributed by atoms with Gasteiger partial charge in [0.25, 0.3) is 5.91 Å². The van der Waals surface area contributed by atoms with E-state index in [1.807, 2.05) is 0 Å². The summed E-state index contributed by atoms with van der Waals surface area (Å²) in [6, 6.07) is 3.28. The summed E-state index contributed by atoms with van der Waals surface area (Å²) in [4.78, 5) is 23.4. The molecule has 1 fully saturated rings. The molecule has 1 aliphatic carbocycles. The molecular weight excluding hydrogens is 282 g/mol. The second-order valence-corrected chi connectivity index (χ2v) is 5.79. The lowest BCUT2D eigenvalue weighted by atomic mass is 9.98. The van der Waals surface area contributed by atoms with Gasteiger partial charge in [-0.25, -0.2) is 0 Å². The van der Waals surface area contributed by atoms with E-state index in [1.54, 1.807) is 12.1 Å². The van der Waals surface area contributed by atoms with Gasteiger partial charge in [-0.15, -0.1) is 0 Å². The zero-order valence-electron chi connectivity index (χ0n) is 13.0. The predicted molar refractivity (Wildman–Crippen MR) is 82.5 cm³/mol. The van der Waals surface area contributed by atoms with E-state index < -0.39 is 0 Å². The highest BCUT2D eigenvalue weighted by Gasteiger charge is 2.16. The van der Waals surface area contributed by atoms with Crippen molar-refractivity contribution in [2.75, 3.05) is 6.54 Å². The minimum Gasteiger partial charge on any atom is -0.462 e. The smallest absolute Gasteiger partial charge is 0.306 e. The summed E-state index contributed by atoms with van der Waals surface area (Å²) in [6.45, 7) is 0.444. The van der Waals surface area contributed by atoms with Gasteiger partial charge in [-0.2, -0.15) is 0 Å². The molecule has 0 spiro atoms. The van der Waals surface area contributed by atoms with Crippen LogP contribution in [-0.4, -0.2) is 24.5 Å². The summed E-state index contributed by atoms with van der Waals surface area (Å²) < 4.78 is 10.5. The molecule has 1 aromatic heterocycles. The Hall–Kier alpha value is -1.78. The average Bonchev–Trinajstić information content (AvgIpc) is 3.00. The summed E-state index contributed by atoms with van der Waals surface area (Å²) in [6.07, 6.45) is 10.5. The highest BCUT2D eigenvalue weighted by molar-refractivity contribution is 5.91. The van der Waals surface area contributed by atoms with Gasteiger partial charge in [-0.1, -0.05) is 19.3 Å². The van der Waals surface area contributed by atoms with E-state index in [0.29, 0.717) is 19.4 Å². The molecule has 122 valence electrons. The van der Waals surface area contributed by atoms with Gasteiger partial charge >= 0.3 is 5.97 Å². The van der Waals surface area contributed by atoms with Crippen molar-refractivity contribution in [1.82, 2.24) is 5.32 Å². The van der Waals surface area contributed by atoms with Crippen LogP contribution in [0.25, 0.3) is 0 Å². The minimum atomic E-state index is -0.251. The van der Waals surface area contributed by atoms with E-state index in [1.165, 1.54) is 25.5 Å². The zero-order valence-corrected chi connectivity index (χ0v) is 13.0. The van der Waals surface area contributed by atoms with Crippen LogP contribution >= 0.6 is 0 Å². The Labute approximate surface area is 131 Å². The molecular formula is C17H25NO4. The summed E-state index contributed by atoms with van der Waals surface area (Å²) in [7, 11) is 0. The highest BCUT2D eigenvalue weighted by atomic mass is 16.5. The van der Waals surface area contributed by atoms with Crippen molar-refractivity contribution in [2.24, 2.45) is 0 Å². The molecule has 1 amide bonds. The van der Waals surface area contributed by atoms with Crippen molar-refractivity contribution in [1.29, 1.82) is 0 Å². The number of carbonyl (C=O) groups is 2. The molecule has 1 heterocycles. The maximum Gasteiger partial charge on any atom is 0.306 e. The lowest BCUT2D eigenvalue weighted by molar-refractivity contribution is -0.150. The molecule has 22 heavy (non-hydrogen) atoms. The van der Waals surface area contributed by atoms with Crippen molar-refractivity contribution in [2.45, 2.75) is 63.9 Å². The summed E-state index contributed by atoms with van der Waals surface area (Å²) in [5.74, 6) is -0.117. The predicted octanol–water partition coefficient (Wildman–Crippen LogP) is 3.45. The van der Waals surface area contributed by atoms with E-state index in [9.17, 15) is 9.59 Å². The third kappa shape index (κ3) is 5.92. The van der Waals surface area contributed by atoms with Crippen LogP contribution in [0.15, 0.2) is 22.8 Å². The maximum absolute atomic E-state index is 11.8. The molecule has 0 aliphatic heterocycles. The Bertz CT molecular complexity index is 447. The van der Waals surface area contributed by atoms with Crippen LogP contribution in [0.4, 0.5) is 0 Å². The number of esters is 1. The van der Waals surface area contributed by atoms with Gasteiger partial charge in [0.1, 0.15) is 6.10 Å². The number of rotatable bonds is 6. The van der Waals surface area contributed by atoms with E-state index in [2.05, 4.69) is 5.32 Å². The molecule has 1 saturated carbocycles. The summed E-state index contributed by atoms with van der Waals surface area (Å²) in [5, 5.41) is 2.72. The molecule has 1 N–H and O–H groups in total. The van der Waals surface area contributed by atoms with Gasteiger partial charge in [-0.05, 0) is 44.2 Å². The second kappa shape index (κ2) is 9.28. The van der Waals surface area contributed by atoms with Crippen LogP contribution in [0.1, 0.15) is 68.3 Å². The molecule has 2 rings (SSSR count). The fraction of sp³-hybridized carbons (Fsp3) is 0.647. The first kappa shape index (κ1) is 16.6. The molecule has 0 atom stereocenters. The van der Waals surface area contributed by atoms with Gasteiger partial charge in [0.2, 0.25) is 0 Å². The van der Waals surface area contributed by atoms with Gasteiger partial charge in [0, 0.05) is 13.0 Å². The molecule has 0 radical (unpaired) electrons. The quantitative estimate of drug-likeness (QED) is 0.645. The first-order chi connectivity index (χ1) is 10.8. The molecule has 5 heteroatoms. The third-order valence-corrected chi connectivity index (χ3v) is 3.94. The standard InChI is InChI=1S/C17H25NO4/c19-16(22-14-8-4-2-1-3-5-9-14)11-6-12-18-17(20)15-10-7-13-21-15/h7,10,13-14H,1-6,8-9,11-12H2,(H,18,20). The molecule has 0 saturated heterocycles. The second-order valence-electron chi connectivity index (χ2n) is 5.79. The molecule has 1 aromatic rings. The number of amides is 1. The number of hydrogen-bond acceptors (Lipinski definition) is 4.